The molecule has 2 rings (SSSR count). The molecule has 1 aromatic carbocycles. The molecule has 9 heteroatoms. The van der Waals surface area contributed by atoms with Crippen molar-refractivity contribution in [2.75, 3.05) is 19.8 Å². The van der Waals surface area contributed by atoms with Crippen LogP contribution >= 0.6 is 0 Å². The topological polar surface area (TPSA) is 128 Å². The number of benzene rings is 1. The molecule has 0 spiro atoms. The summed E-state index contributed by atoms with van der Waals surface area (Å²) < 4.78 is 10.6. The lowest BCUT2D eigenvalue weighted by atomic mass is 10.0. The Labute approximate surface area is 137 Å². The zero-order valence-corrected chi connectivity index (χ0v) is 13.1. The van der Waals surface area contributed by atoms with E-state index in [9.17, 15) is 19.7 Å². The van der Waals surface area contributed by atoms with Gasteiger partial charge in [0.15, 0.2) is 11.5 Å². The predicted molar refractivity (Wildman–Crippen MR) is 82.5 cm³/mol. The molecule has 0 bridgehead atoms. The molecule has 1 heterocycles. The highest BCUT2D eigenvalue weighted by Gasteiger charge is 2.27. The maximum Gasteiger partial charge on any atom is 0.308 e. The van der Waals surface area contributed by atoms with Crippen LogP contribution in [-0.4, -0.2) is 41.7 Å². The van der Waals surface area contributed by atoms with Gasteiger partial charge in [-0.1, -0.05) is 13.3 Å². The van der Waals surface area contributed by atoms with Crippen LogP contribution in [0.2, 0.25) is 0 Å². The van der Waals surface area contributed by atoms with Crippen molar-refractivity contribution in [2.45, 2.75) is 19.8 Å². The van der Waals surface area contributed by atoms with Gasteiger partial charge < -0.3 is 19.9 Å². The summed E-state index contributed by atoms with van der Waals surface area (Å²) in [5.74, 6) is -2.02. The number of nitro groups is 1. The summed E-state index contributed by atoms with van der Waals surface area (Å²) in [6, 6.07) is 2.39. The molecule has 2 N–H and O–H groups in total. The fourth-order valence-corrected chi connectivity index (χ4v) is 2.38. The highest BCUT2D eigenvalue weighted by molar-refractivity contribution is 5.99. The molecule has 0 fully saturated rings. The number of amides is 1. The number of carbonyl (C=O) groups excluding carboxylic acids is 1. The van der Waals surface area contributed by atoms with Gasteiger partial charge in [-0.05, 0) is 6.42 Å². The summed E-state index contributed by atoms with van der Waals surface area (Å²) in [5, 5.41) is 22.7. The first-order valence-electron chi connectivity index (χ1n) is 7.53. The third kappa shape index (κ3) is 3.92. The minimum absolute atomic E-state index is 0.104. The molecule has 1 aliphatic rings. The Morgan fingerprint density at radius 3 is 2.50 bits per heavy atom. The first-order chi connectivity index (χ1) is 11.4. The number of aliphatic carboxylic acids is 1. The summed E-state index contributed by atoms with van der Waals surface area (Å²) in [5.41, 5.74) is -0.607. The first-order valence-corrected chi connectivity index (χ1v) is 7.53. The van der Waals surface area contributed by atoms with Gasteiger partial charge in [0, 0.05) is 12.6 Å². The van der Waals surface area contributed by atoms with E-state index in [1.807, 2.05) is 6.92 Å². The van der Waals surface area contributed by atoms with Crippen molar-refractivity contribution in [3.8, 4) is 11.5 Å². The van der Waals surface area contributed by atoms with Crippen molar-refractivity contribution < 1.29 is 29.1 Å². The van der Waals surface area contributed by atoms with Crippen molar-refractivity contribution >= 4 is 17.6 Å². The second kappa shape index (κ2) is 7.62. The molecular weight excluding hydrogens is 320 g/mol. The highest BCUT2D eigenvalue weighted by Crippen LogP contribution is 2.36. The molecule has 24 heavy (non-hydrogen) atoms. The van der Waals surface area contributed by atoms with Crippen molar-refractivity contribution in [2.24, 2.45) is 5.92 Å². The molecular formula is C15H18N2O7. The number of carboxylic acid groups (broad SMARTS) is 1. The van der Waals surface area contributed by atoms with Gasteiger partial charge in [0.1, 0.15) is 18.8 Å². The van der Waals surface area contributed by atoms with E-state index in [2.05, 4.69) is 5.32 Å². The second-order valence-corrected chi connectivity index (χ2v) is 5.30. The van der Waals surface area contributed by atoms with Crippen LogP contribution in [0, 0.1) is 16.0 Å². The van der Waals surface area contributed by atoms with Crippen LogP contribution in [0.15, 0.2) is 12.1 Å². The lowest BCUT2D eigenvalue weighted by molar-refractivity contribution is -0.385. The number of carbonyl (C=O) groups is 2. The number of nitro benzene ring substituents is 1. The number of ether oxygens (including phenoxy) is 2. The normalized spacial score (nSPS) is 13.9. The molecule has 1 atom stereocenters. The Morgan fingerprint density at radius 2 is 1.96 bits per heavy atom. The van der Waals surface area contributed by atoms with Gasteiger partial charge in [0.2, 0.25) is 0 Å². The Bertz CT molecular complexity index is 659. The average Bonchev–Trinajstić information content (AvgIpc) is 2.56. The van der Waals surface area contributed by atoms with E-state index >= 15 is 0 Å². The number of nitrogens with zero attached hydrogens (tertiary/aromatic N) is 1. The summed E-state index contributed by atoms with van der Waals surface area (Å²) in [7, 11) is 0. The van der Waals surface area contributed by atoms with E-state index in [1.165, 1.54) is 6.07 Å². The van der Waals surface area contributed by atoms with E-state index in [-0.39, 0.29) is 36.8 Å². The van der Waals surface area contributed by atoms with E-state index in [0.29, 0.717) is 12.8 Å². The van der Waals surface area contributed by atoms with Gasteiger partial charge in [-0.3, -0.25) is 19.7 Å². The molecule has 0 aliphatic carbocycles. The maximum absolute atomic E-state index is 12.3. The standard InChI is InChI=1S/C15H18N2O7/c1-2-3-9(15(19)20)8-16-14(18)10-6-12-13(24-5-4-23-12)7-11(10)17(21)22/h6-7,9H,2-5,8H2,1H3,(H,16,18)(H,19,20). The molecule has 1 amide bonds. The molecule has 0 saturated carbocycles. The van der Waals surface area contributed by atoms with Crippen LogP contribution < -0.4 is 14.8 Å². The Morgan fingerprint density at radius 1 is 1.33 bits per heavy atom. The van der Waals surface area contributed by atoms with Crippen LogP contribution in [0.3, 0.4) is 0 Å². The summed E-state index contributed by atoms with van der Waals surface area (Å²) in [6.07, 6.45) is 1.05. The van der Waals surface area contributed by atoms with Gasteiger partial charge in [0.25, 0.3) is 11.6 Å². The van der Waals surface area contributed by atoms with Gasteiger partial charge >= 0.3 is 5.97 Å². The lowest BCUT2D eigenvalue weighted by Gasteiger charge is -2.19. The van der Waals surface area contributed by atoms with Crippen LogP contribution in [0.25, 0.3) is 0 Å². The smallest absolute Gasteiger partial charge is 0.308 e. The summed E-state index contributed by atoms with van der Waals surface area (Å²) in [6.45, 7) is 2.29. The average molecular weight is 338 g/mol. The first kappa shape index (κ1) is 17.5. The fraction of sp³-hybridized carbons (Fsp3) is 0.467. The zero-order chi connectivity index (χ0) is 17.7. The lowest BCUT2D eigenvalue weighted by Crippen LogP contribution is -2.33. The molecule has 0 radical (unpaired) electrons. The number of hydrogen-bond donors (Lipinski definition) is 2. The number of fused-ring (bicyclic) bond motifs is 1. The van der Waals surface area contributed by atoms with E-state index < -0.39 is 28.4 Å². The molecule has 9 nitrogen and oxygen atoms in total. The Kier molecular flexibility index (Phi) is 5.56. The van der Waals surface area contributed by atoms with E-state index in [4.69, 9.17) is 14.6 Å². The van der Waals surface area contributed by atoms with Crippen molar-refractivity contribution in [3.05, 3.63) is 27.8 Å². The SMILES string of the molecule is CCCC(CNC(=O)c1cc2c(cc1[N+](=O)[O-])OCCO2)C(=O)O. The number of hydrogen-bond acceptors (Lipinski definition) is 6. The third-order valence-electron chi connectivity index (χ3n) is 3.60. The van der Waals surface area contributed by atoms with Crippen LogP contribution in [0.1, 0.15) is 30.1 Å². The molecule has 1 aromatic rings. The second-order valence-electron chi connectivity index (χ2n) is 5.30. The number of rotatable bonds is 7. The quantitative estimate of drug-likeness (QED) is 0.570. The Hall–Kier alpha value is -2.84. The summed E-state index contributed by atoms with van der Waals surface area (Å²) in [4.78, 5) is 33.9. The van der Waals surface area contributed by atoms with Gasteiger partial charge in [-0.25, -0.2) is 0 Å². The van der Waals surface area contributed by atoms with Gasteiger partial charge in [-0.15, -0.1) is 0 Å². The Balaban J connectivity index is 2.21. The fourth-order valence-electron chi connectivity index (χ4n) is 2.38. The van der Waals surface area contributed by atoms with Crippen molar-refractivity contribution in [1.29, 1.82) is 0 Å². The zero-order valence-electron chi connectivity index (χ0n) is 13.1. The number of carboxylic acids is 1. The van der Waals surface area contributed by atoms with Gasteiger partial charge in [0.05, 0.1) is 16.9 Å². The molecule has 130 valence electrons. The van der Waals surface area contributed by atoms with Gasteiger partial charge in [-0.2, -0.15) is 0 Å². The molecule has 1 aliphatic heterocycles. The maximum atomic E-state index is 12.3. The van der Waals surface area contributed by atoms with Crippen LogP contribution in [0.4, 0.5) is 5.69 Å². The largest absolute Gasteiger partial charge is 0.486 e. The summed E-state index contributed by atoms with van der Waals surface area (Å²) >= 11 is 0. The minimum Gasteiger partial charge on any atom is -0.486 e. The minimum atomic E-state index is -1.02. The van der Waals surface area contributed by atoms with Crippen molar-refractivity contribution in [3.63, 3.8) is 0 Å². The third-order valence-corrected chi connectivity index (χ3v) is 3.60. The molecule has 0 saturated heterocycles. The van der Waals surface area contributed by atoms with E-state index in [1.54, 1.807) is 0 Å². The van der Waals surface area contributed by atoms with Crippen molar-refractivity contribution in [1.82, 2.24) is 5.32 Å². The number of nitrogens with one attached hydrogen (secondary N) is 1. The molecule has 0 aromatic heterocycles. The van der Waals surface area contributed by atoms with E-state index in [0.717, 1.165) is 6.07 Å². The predicted octanol–water partition coefficient (Wildman–Crippen LogP) is 1.60. The molecule has 1 unspecified atom stereocenters. The monoisotopic (exact) mass is 338 g/mol. The van der Waals surface area contributed by atoms with Crippen LogP contribution in [-0.2, 0) is 4.79 Å². The highest BCUT2D eigenvalue weighted by atomic mass is 16.6. The van der Waals surface area contributed by atoms with Crippen LogP contribution in [0.5, 0.6) is 11.5 Å².